The summed E-state index contributed by atoms with van der Waals surface area (Å²) in [6.45, 7) is 1.60. The molecule has 0 spiro atoms. The van der Waals surface area contributed by atoms with Gasteiger partial charge >= 0.3 is 0 Å². The van der Waals surface area contributed by atoms with E-state index in [1.54, 1.807) is 6.92 Å². The van der Waals surface area contributed by atoms with E-state index in [4.69, 9.17) is 16.7 Å². The molecule has 0 aliphatic carbocycles. The summed E-state index contributed by atoms with van der Waals surface area (Å²) in [7, 11) is 0. The summed E-state index contributed by atoms with van der Waals surface area (Å²) in [5, 5.41) is 11.6. The molecule has 0 fully saturated rings. The fraction of sp³-hybridized carbons (Fsp3) is 0.333. The standard InChI is InChI=1S/C9H11ClN2O2/c1-6(5-13)12-9(14)7-2-3-11-4-8(7)10/h2-4,6,13H,5H2,1H3,(H,12,14)/t6-/m1/s1. The maximum Gasteiger partial charge on any atom is 0.253 e. The van der Waals surface area contributed by atoms with Crippen molar-refractivity contribution in [3.05, 3.63) is 29.0 Å². The number of aliphatic hydroxyl groups is 1. The molecule has 0 aliphatic rings. The molecular weight excluding hydrogens is 204 g/mol. The van der Waals surface area contributed by atoms with Gasteiger partial charge in [-0.2, -0.15) is 0 Å². The lowest BCUT2D eigenvalue weighted by Crippen LogP contribution is -2.35. The van der Waals surface area contributed by atoms with Crippen LogP contribution in [-0.4, -0.2) is 28.6 Å². The van der Waals surface area contributed by atoms with Gasteiger partial charge < -0.3 is 10.4 Å². The molecule has 0 saturated heterocycles. The number of nitrogens with zero attached hydrogens (tertiary/aromatic N) is 1. The largest absolute Gasteiger partial charge is 0.394 e. The zero-order valence-corrected chi connectivity index (χ0v) is 8.45. The van der Waals surface area contributed by atoms with Crippen molar-refractivity contribution >= 4 is 17.5 Å². The predicted molar refractivity (Wildman–Crippen MR) is 53.3 cm³/mol. The number of amides is 1. The van der Waals surface area contributed by atoms with Crippen molar-refractivity contribution in [1.29, 1.82) is 0 Å². The van der Waals surface area contributed by atoms with Gasteiger partial charge in [0, 0.05) is 18.4 Å². The van der Waals surface area contributed by atoms with E-state index in [9.17, 15) is 4.79 Å². The fourth-order valence-corrected chi connectivity index (χ4v) is 1.11. The summed E-state index contributed by atoms with van der Waals surface area (Å²) < 4.78 is 0. The van der Waals surface area contributed by atoms with Crippen LogP contribution >= 0.6 is 11.6 Å². The molecule has 0 bridgehead atoms. The van der Waals surface area contributed by atoms with Crippen LogP contribution < -0.4 is 5.32 Å². The van der Waals surface area contributed by atoms with Crippen molar-refractivity contribution in [2.24, 2.45) is 0 Å². The predicted octanol–water partition coefficient (Wildman–Crippen LogP) is 0.846. The summed E-state index contributed by atoms with van der Waals surface area (Å²) in [5.74, 6) is -0.307. The van der Waals surface area contributed by atoms with Crippen LogP contribution in [0.2, 0.25) is 5.02 Å². The van der Waals surface area contributed by atoms with E-state index >= 15 is 0 Å². The minimum atomic E-state index is -0.307. The van der Waals surface area contributed by atoms with Crippen LogP contribution in [0.25, 0.3) is 0 Å². The minimum absolute atomic E-state index is 0.103. The molecule has 0 unspecified atom stereocenters. The summed E-state index contributed by atoms with van der Waals surface area (Å²) in [4.78, 5) is 15.3. The number of hydrogen-bond acceptors (Lipinski definition) is 3. The number of carbonyl (C=O) groups excluding carboxylic acids is 1. The summed E-state index contributed by atoms with van der Waals surface area (Å²) in [6, 6.07) is 1.24. The molecule has 1 aromatic rings. The highest BCUT2D eigenvalue weighted by molar-refractivity contribution is 6.33. The second kappa shape index (κ2) is 4.93. The maximum atomic E-state index is 11.5. The van der Waals surface area contributed by atoms with Crippen molar-refractivity contribution in [2.75, 3.05) is 6.61 Å². The molecule has 5 heteroatoms. The third-order valence-corrected chi connectivity index (χ3v) is 1.97. The van der Waals surface area contributed by atoms with Gasteiger partial charge in [-0.25, -0.2) is 0 Å². The molecule has 14 heavy (non-hydrogen) atoms. The van der Waals surface area contributed by atoms with Gasteiger partial charge in [-0.05, 0) is 13.0 Å². The van der Waals surface area contributed by atoms with Crippen molar-refractivity contribution in [2.45, 2.75) is 13.0 Å². The number of nitrogens with one attached hydrogen (secondary N) is 1. The van der Waals surface area contributed by atoms with Crippen molar-refractivity contribution in [3.8, 4) is 0 Å². The molecule has 0 saturated carbocycles. The van der Waals surface area contributed by atoms with E-state index in [2.05, 4.69) is 10.3 Å². The SMILES string of the molecule is C[C@H](CO)NC(=O)c1ccncc1Cl. The van der Waals surface area contributed by atoms with Gasteiger partial charge in [0.25, 0.3) is 5.91 Å². The molecule has 1 aromatic heterocycles. The van der Waals surface area contributed by atoms with Gasteiger partial charge in [0.2, 0.25) is 0 Å². The zero-order valence-electron chi connectivity index (χ0n) is 7.70. The molecule has 1 heterocycles. The number of carbonyl (C=O) groups is 1. The molecule has 0 aliphatic heterocycles. The van der Waals surface area contributed by atoms with E-state index in [1.165, 1.54) is 18.5 Å². The smallest absolute Gasteiger partial charge is 0.253 e. The molecular formula is C9H11ClN2O2. The van der Waals surface area contributed by atoms with Gasteiger partial charge in [0.15, 0.2) is 0 Å². The van der Waals surface area contributed by atoms with Gasteiger partial charge in [0.1, 0.15) is 0 Å². The van der Waals surface area contributed by atoms with Crippen LogP contribution in [0.3, 0.4) is 0 Å². The Balaban J connectivity index is 2.75. The molecule has 0 aromatic carbocycles. The van der Waals surface area contributed by atoms with E-state index in [-0.39, 0.29) is 18.6 Å². The summed E-state index contributed by atoms with van der Waals surface area (Å²) >= 11 is 5.76. The van der Waals surface area contributed by atoms with Gasteiger partial charge in [-0.15, -0.1) is 0 Å². The minimum Gasteiger partial charge on any atom is -0.394 e. The first-order valence-corrected chi connectivity index (χ1v) is 4.54. The summed E-state index contributed by atoms with van der Waals surface area (Å²) in [5.41, 5.74) is 0.363. The average molecular weight is 215 g/mol. The van der Waals surface area contributed by atoms with E-state index in [0.717, 1.165) is 0 Å². The molecule has 4 nitrogen and oxygen atoms in total. The quantitative estimate of drug-likeness (QED) is 0.784. The number of rotatable bonds is 3. The van der Waals surface area contributed by atoms with Crippen molar-refractivity contribution in [1.82, 2.24) is 10.3 Å². The molecule has 2 N–H and O–H groups in total. The number of aliphatic hydroxyl groups excluding tert-OH is 1. The highest BCUT2D eigenvalue weighted by Gasteiger charge is 2.11. The Morgan fingerprint density at radius 3 is 3.07 bits per heavy atom. The summed E-state index contributed by atoms with van der Waals surface area (Å²) in [6.07, 6.45) is 2.89. The average Bonchev–Trinajstić information content (AvgIpc) is 2.18. The Morgan fingerprint density at radius 1 is 1.79 bits per heavy atom. The third-order valence-electron chi connectivity index (χ3n) is 1.67. The van der Waals surface area contributed by atoms with E-state index in [0.29, 0.717) is 10.6 Å². The second-order valence-electron chi connectivity index (χ2n) is 2.91. The van der Waals surface area contributed by atoms with Crippen LogP contribution in [0.15, 0.2) is 18.5 Å². The number of pyridine rings is 1. The van der Waals surface area contributed by atoms with Crippen LogP contribution in [0.5, 0.6) is 0 Å². The fourth-order valence-electron chi connectivity index (χ4n) is 0.907. The lowest BCUT2D eigenvalue weighted by atomic mass is 10.2. The molecule has 1 amide bonds. The zero-order chi connectivity index (χ0) is 10.6. The topological polar surface area (TPSA) is 62.2 Å². The first-order valence-electron chi connectivity index (χ1n) is 4.16. The first-order chi connectivity index (χ1) is 6.65. The van der Waals surface area contributed by atoms with Crippen LogP contribution in [0.1, 0.15) is 17.3 Å². The molecule has 0 radical (unpaired) electrons. The number of aromatic nitrogens is 1. The lowest BCUT2D eigenvalue weighted by Gasteiger charge is -2.10. The normalized spacial score (nSPS) is 12.2. The van der Waals surface area contributed by atoms with E-state index < -0.39 is 0 Å². The van der Waals surface area contributed by atoms with Gasteiger partial charge in [-0.3, -0.25) is 9.78 Å². The van der Waals surface area contributed by atoms with Gasteiger partial charge in [-0.1, -0.05) is 11.6 Å². The molecule has 1 atom stereocenters. The lowest BCUT2D eigenvalue weighted by molar-refractivity contribution is 0.0922. The Bertz CT molecular complexity index is 330. The van der Waals surface area contributed by atoms with Crippen LogP contribution in [0.4, 0.5) is 0 Å². The Kier molecular flexibility index (Phi) is 3.85. The highest BCUT2D eigenvalue weighted by Crippen LogP contribution is 2.12. The van der Waals surface area contributed by atoms with Gasteiger partial charge in [0.05, 0.1) is 17.2 Å². The van der Waals surface area contributed by atoms with Crippen molar-refractivity contribution in [3.63, 3.8) is 0 Å². The Morgan fingerprint density at radius 2 is 2.50 bits per heavy atom. The van der Waals surface area contributed by atoms with Crippen molar-refractivity contribution < 1.29 is 9.90 Å². The first kappa shape index (κ1) is 10.9. The molecule has 76 valence electrons. The number of hydrogen-bond donors (Lipinski definition) is 2. The van der Waals surface area contributed by atoms with E-state index in [1.807, 2.05) is 0 Å². The van der Waals surface area contributed by atoms with Crippen LogP contribution in [-0.2, 0) is 0 Å². The second-order valence-corrected chi connectivity index (χ2v) is 3.32. The third kappa shape index (κ3) is 2.68. The van der Waals surface area contributed by atoms with Crippen LogP contribution in [0, 0.1) is 0 Å². The number of halogens is 1. The Hall–Kier alpha value is -1.13. The highest BCUT2D eigenvalue weighted by atomic mass is 35.5. The molecule has 1 rings (SSSR count). The Labute approximate surface area is 86.9 Å². The maximum absolute atomic E-state index is 11.5. The monoisotopic (exact) mass is 214 g/mol.